The number of allylic oxidation sites excluding steroid dienone is 8. The Labute approximate surface area is 795 Å². The molecule has 0 spiro atoms. The number of hydrogen-bond donors (Lipinski definition) is 0. The summed E-state index contributed by atoms with van der Waals surface area (Å²) in [7, 11) is 0. The number of esters is 4. The molecule has 0 amide bonds. The quantitative estimate of drug-likeness (QED) is 0.0145. The van der Waals surface area contributed by atoms with Gasteiger partial charge in [0.2, 0.25) is 0 Å². The largest absolute Gasteiger partial charge is 2.00 e. The fourth-order valence-corrected chi connectivity index (χ4v) is 14.1. The maximum absolute atomic E-state index is 11.3. The monoisotopic (exact) mass is 1950 g/mol. The molecule has 0 saturated carbocycles. The van der Waals surface area contributed by atoms with Crippen molar-refractivity contribution in [3.05, 3.63) is 48.6 Å². The van der Waals surface area contributed by atoms with Crippen LogP contribution >= 0.6 is 13.5 Å². The van der Waals surface area contributed by atoms with Gasteiger partial charge in [-0.15, -0.1) is 23.0 Å². The summed E-state index contributed by atoms with van der Waals surface area (Å²) in [5.74, 6) is 1.65. The molecule has 8 nitrogen and oxygen atoms in total. The van der Waals surface area contributed by atoms with Gasteiger partial charge in [-0.1, -0.05) is 425 Å². The molecule has 0 unspecified atom stereocenters. The molecule has 0 aromatic carbocycles. The second kappa shape index (κ2) is 132. The molecular formula is C102H198O8S5Sn2. The van der Waals surface area contributed by atoms with Crippen LogP contribution in [-0.4, -0.2) is 121 Å². The Morgan fingerprint density at radius 2 is 0.291 bits per heavy atom. The molecule has 117 heavy (non-hydrogen) atoms. The Balaban J connectivity index is -0.000000187. The van der Waals surface area contributed by atoms with E-state index in [1.165, 1.54) is 411 Å². The summed E-state index contributed by atoms with van der Waals surface area (Å²) in [4.78, 5) is 45.3. The molecule has 692 valence electrons. The fourth-order valence-electron chi connectivity index (χ4n) is 13.8. The van der Waals surface area contributed by atoms with Crippen LogP contribution in [0.15, 0.2) is 48.6 Å². The predicted octanol–water partition coefficient (Wildman–Crippen LogP) is 32.9. The topological polar surface area (TPSA) is 105 Å². The molecule has 0 aliphatic rings. The van der Waals surface area contributed by atoms with Gasteiger partial charge in [0.15, 0.2) is 0 Å². The zero-order valence-electron chi connectivity index (χ0n) is 76.4. The van der Waals surface area contributed by atoms with E-state index in [1.807, 2.05) is 0 Å². The van der Waals surface area contributed by atoms with Crippen LogP contribution < -0.4 is 0 Å². The third-order valence-corrected chi connectivity index (χ3v) is 21.6. The van der Waals surface area contributed by atoms with Crippen molar-refractivity contribution in [3.8, 4) is 0 Å². The van der Waals surface area contributed by atoms with E-state index in [0.717, 1.165) is 51.4 Å². The van der Waals surface area contributed by atoms with Gasteiger partial charge in [0.1, 0.15) is 0 Å². The zero-order valence-corrected chi connectivity index (χ0v) is 86.4. The number of unbranched alkanes of at least 4 members (excludes halogenated alkanes) is 64. The van der Waals surface area contributed by atoms with Crippen LogP contribution in [0.3, 0.4) is 0 Å². The van der Waals surface area contributed by atoms with Gasteiger partial charge in [-0.2, -0.15) is 13.5 Å². The molecule has 0 aromatic rings. The average Bonchev–Trinajstić information content (AvgIpc) is 1.08. The van der Waals surface area contributed by atoms with Gasteiger partial charge in [-0.25, -0.2) is 0 Å². The Morgan fingerprint density at radius 1 is 0.188 bits per heavy atom. The first-order valence-corrected chi connectivity index (χ1v) is 51.1. The van der Waals surface area contributed by atoms with Crippen LogP contribution in [0.1, 0.15) is 531 Å². The van der Waals surface area contributed by atoms with Gasteiger partial charge in [0.05, 0.1) is 26.4 Å². The van der Waals surface area contributed by atoms with Crippen molar-refractivity contribution in [2.75, 3.05) is 49.4 Å². The van der Waals surface area contributed by atoms with Crippen molar-refractivity contribution in [2.24, 2.45) is 0 Å². The second-order valence-electron chi connectivity index (χ2n) is 32.1. The summed E-state index contributed by atoms with van der Waals surface area (Å²) in [6, 6.07) is 0. The van der Waals surface area contributed by atoms with Crippen molar-refractivity contribution < 1.29 is 38.1 Å². The number of ether oxygens (including phenoxy) is 4. The minimum atomic E-state index is -0.0857. The van der Waals surface area contributed by atoms with Crippen LogP contribution in [-0.2, 0) is 88.6 Å². The van der Waals surface area contributed by atoms with Crippen molar-refractivity contribution in [1.29, 1.82) is 0 Å². The van der Waals surface area contributed by atoms with Gasteiger partial charge in [-0.05, 0) is 128 Å². The first-order chi connectivity index (χ1) is 55.2. The summed E-state index contributed by atoms with van der Waals surface area (Å²) in [5.41, 5.74) is 0. The SMILES string of the molecule is C.C.CCCCCCCCCCCC/C=C/CCCCCCCCC(=O)OCC[S-].CCCCCCCCCCCC/C=C/CCCCCCCCC(=O)OCC[S-].CCCCCCCCCCCC/C=C/CCCCCCCCC(=O)OCC[S-].CCCCCCCCCCCC/C=C/CCCCCCCCC(=O)OCC[S-].S.[Sn+2].[Sn+2]. The standard InChI is InChI=1S/4C25H48O2S.2CH4.H2S.2Sn/c4*1-2-3-4-5-6-7-8-9-10-11-12-13-14-15-16-17-18-19-20-21-22-25(26)27-23-24-28;;;;;/h4*13-14,28H,2-12,15-24H2,1H3;2*1H4;1H2;;/q;;;;;;;2*+2/p-4/b4*14-13+;;;;;. The first-order valence-electron chi connectivity index (χ1n) is 48.8. The van der Waals surface area contributed by atoms with Crippen molar-refractivity contribution in [3.63, 3.8) is 0 Å². The Kier molecular flexibility index (Phi) is 152. The molecule has 0 atom stereocenters. The number of carbonyl (C=O) groups is 4. The van der Waals surface area contributed by atoms with Gasteiger partial charge in [0.25, 0.3) is 0 Å². The fraction of sp³-hybridized carbons (Fsp3) is 0.882. The molecule has 0 saturated heterocycles. The molecule has 0 heterocycles. The molecule has 15 heteroatoms. The van der Waals surface area contributed by atoms with Crippen molar-refractivity contribution >= 4 is 136 Å². The smallest absolute Gasteiger partial charge is 0.789 e. The predicted molar refractivity (Wildman–Crippen MR) is 538 cm³/mol. The normalized spacial score (nSPS) is 10.9. The molecule has 0 aliphatic carbocycles. The first kappa shape index (κ1) is 135. The van der Waals surface area contributed by atoms with E-state index < -0.39 is 0 Å². The maximum atomic E-state index is 11.3. The minimum Gasteiger partial charge on any atom is -0.789 e. The van der Waals surface area contributed by atoms with E-state index in [2.05, 4.69) is 76.3 Å². The Hall–Kier alpha value is 0.187. The summed E-state index contributed by atoms with van der Waals surface area (Å²) in [5, 5.41) is 0. The molecule has 4 radical (unpaired) electrons. The van der Waals surface area contributed by atoms with Gasteiger partial charge in [0, 0.05) is 25.7 Å². The molecule has 0 N–H and O–H groups in total. The summed E-state index contributed by atoms with van der Waals surface area (Å²) in [6.45, 7) is 10.7. The summed E-state index contributed by atoms with van der Waals surface area (Å²) < 4.78 is 19.9. The molecule has 0 aromatic heterocycles. The average molecular weight is 1950 g/mol. The van der Waals surface area contributed by atoms with Crippen molar-refractivity contribution in [2.45, 2.75) is 531 Å². The minimum absolute atomic E-state index is 0. The number of hydrogen-bond acceptors (Lipinski definition) is 12. The van der Waals surface area contributed by atoms with Crippen LogP contribution in [0.25, 0.3) is 0 Å². The van der Waals surface area contributed by atoms with Crippen LogP contribution in [0.2, 0.25) is 0 Å². The van der Waals surface area contributed by atoms with Crippen LogP contribution in [0.5, 0.6) is 0 Å². The van der Waals surface area contributed by atoms with Gasteiger partial charge in [-0.3, -0.25) is 19.2 Å². The third kappa shape index (κ3) is 140. The number of rotatable bonds is 88. The summed E-state index contributed by atoms with van der Waals surface area (Å²) >= 11 is 19.0. The summed E-state index contributed by atoms with van der Waals surface area (Å²) in [6.07, 6.45) is 117. The van der Waals surface area contributed by atoms with E-state index >= 15 is 0 Å². The molecular weight excluding hydrogens is 1750 g/mol. The van der Waals surface area contributed by atoms with E-state index in [4.69, 9.17) is 69.5 Å². The van der Waals surface area contributed by atoms with Gasteiger partial charge >= 0.3 is 71.7 Å². The van der Waals surface area contributed by atoms with Crippen molar-refractivity contribution in [1.82, 2.24) is 0 Å². The van der Waals surface area contributed by atoms with E-state index in [1.54, 1.807) is 0 Å². The molecule has 0 aliphatic heterocycles. The Morgan fingerprint density at radius 3 is 0.402 bits per heavy atom. The van der Waals surface area contributed by atoms with E-state index in [0.29, 0.717) is 75.1 Å². The zero-order chi connectivity index (χ0) is 82.2. The van der Waals surface area contributed by atoms with E-state index in [-0.39, 0.29) is 100 Å². The maximum Gasteiger partial charge on any atom is 2.00 e. The Bertz CT molecular complexity index is 1650. The third-order valence-electron chi connectivity index (χ3n) is 21.0. The van der Waals surface area contributed by atoms with Crippen LogP contribution in [0.4, 0.5) is 0 Å². The molecule has 0 rings (SSSR count). The molecule has 0 bridgehead atoms. The van der Waals surface area contributed by atoms with Gasteiger partial charge < -0.3 is 69.5 Å². The number of carbonyl (C=O) groups excluding carboxylic acids is 4. The van der Waals surface area contributed by atoms with E-state index in [9.17, 15) is 19.2 Å². The van der Waals surface area contributed by atoms with Crippen LogP contribution in [0, 0.1) is 0 Å². The second-order valence-corrected chi connectivity index (χ2v) is 33.7. The molecule has 0 fully saturated rings.